The molecule has 1 saturated heterocycles. The Morgan fingerprint density at radius 1 is 1.60 bits per heavy atom. The van der Waals surface area contributed by atoms with E-state index in [1.165, 1.54) is 0 Å². The molecular formula is C11H21NO2S. The highest BCUT2D eigenvalue weighted by atomic mass is 32.2. The van der Waals surface area contributed by atoms with Crippen LogP contribution >= 0.6 is 11.8 Å². The minimum atomic E-state index is -0.437. The van der Waals surface area contributed by atoms with Gasteiger partial charge >= 0.3 is 5.97 Å². The van der Waals surface area contributed by atoms with E-state index in [0.29, 0.717) is 12.6 Å². The van der Waals surface area contributed by atoms with Crippen LogP contribution in [0.3, 0.4) is 0 Å². The normalized spacial score (nSPS) is 26.7. The molecule has 1 aliphatic heterocycles. The van der Waals surface area contributed by atoms with Crippen molar-refractivity contribution in [3.8, 4) is 0 Å². The Morgan fingerprint density at radius 2 is 2.33 bits per heavy atom. The summed E-state index contributed by atoms with van der Waals surface area (Å²) in [7, 11) is 0. The number of carbonyl (C=O) groups excluding carboxylic acids is 1. The van der Waals surface area contributed by atoms with Crippen LogP contribution in [-0.2, 0) is 9.53 Å². The number of rotatable bonds is 4. The van der Waals surface area contributed by atoms with E-state index in [4.69, 9.17) is 4.74 Å². The Hall–Kier alpha value is -0.220. The molecule has 3 nitrogen and oxygen atoms in total. The number of carbonyl (C=O) groups is 1. The molecule has 1 rings (SSSR count). The number of hydrogen-bond acceptors (Lipinski definition) is 4. The number of hydrogen-bond donors (Lipinski definition) is 1. The van der Waals surface area contributed by atoms with Crippen molar-refractivity contribution in [3.05, 3.63) is 0 Å². The molecule has 1 aliphatic rings. The van der Waals surface area contributed by atoms with E-state index in [9.17, 15) is 4.79 Å². The predicted octanol–water partition coefficient (Wildman–Crippen LogP) is 1.81. The molecule has 0 radical (unpaired) electrons. The first-order valence-corrected chi connectivity index (χ1v) is 6.79. The van der Waals surface area contributed by atoms with Gasteiger partial charge in [-0.1, -0.05) is 0 Å². The highest BCUT2D eigenvalue weighted by molar-refractivity contribution is 7.99. The molecule has 88 valence electrons. The lowest BCUT2D eigenvalue weighted by Gasteiger charge is -2.36. The summed E-state index contributed by atoms with van der Waals surface area (Å²) in [5.41, 5.74) is -0.437. The third kappa shape index (κ3) is 3.38. The van der Waals surface area contributed by atoms with E-state index in [2.05, 4.69) is 19.2 Å². The molecule has 0 aliphatic carbocycles. The van der Waals surface area contributed by atoms with E-state index in [0.717, 1.165) is 24.3 Å². The average Bonchev–Trinajstić information content (AvgIpc) is 2.18. The van der Waals surface area contributed by atoms with Gasteiger partial charge < -0.3 is 4.74 Å². The molecule has 0 bridgehead atoms. The van der Waals surface area contributed by atoms with Gasteiger partial charge in [-0.05, 0) is 39.4 Å². The fraction of sp³-hybridized carbons (Fsp3) is 0.909. The summed E-state index contributed by atoms with van der Waals surface area (Å²) in [5, 5.41) is 3.38. The van der Waals surface area contributed by atoms with Crippen LogP contribution < -0.4 is 5.32 Å². The minimum absolute atomic E-state index is 0.0779. The quantitative estimate of drug-likeness (QED) is 0.749. The molecule has 1 N–H and O–H groups in total. The van der Waals surface area contributed by atoms with E-state index < -0.39 is 5.54 Å². The molecule has 0 amide bonds. The van der Waals surface area contributed by atoms with Crippen molar-refractivity contribution >= 4 is 17.7 Å². The Morgan fingerprint density at radius 3 is 2.80 bits per heavy atom. The second-order valence-corrected chi connectivity index (χ2v) is 5.36. The van der Waals surface area contributed by atoms with Crippen LogP contribution in [0.2, 0.25) is 0 Å². The lowest BCUT2D eigenvalue weighted by molar-refractivity contribution is -0.151. The van der Waals surface area contributed by atoms with Crippen LogP contribution in [-0.4, -0.2) is 35.7 Å². The first-order chi connectivity index (χ1) is 7.10. The third-order valence-corrected chi connectivity index (χ3v) is 3.75. The summed E-state index contributed by atoms with van der Waals surface area (Å²) in [6.45, 7) is 6.46. The highest BCUT2D eigenvalue weighted by Gasteiger charge is 2.41. The molecule has 1 fully saturated rings. The minimum Gasteiger partial charge on any atom is -0.465 e. The molecule has 15 heavy (non-hydrogen) atoms. The van der Waals surface area contributed by atoms with Crippen molar-refractivity contribution < 1.29 is 9.53 Å². The average molecular weight is 231 g/mol. The Labute approximate surface area is 96.3 Å². The van der Waals surface area contributed by atoms with Gasteiger partial charge in [-0.3, -0.25) is 10.1 Å². The van der Waals surface area contributed by atoms with E-state index >= 15 is 0 Å². The number of thioether (sulfide) groups is 1. The van der Waals surface area contributed by atoms with Gasteiger partial charge in [-0.25, -0.2) is 0 Å². The topological polar surface area (TPSA) is 38.3 Å². The number of esters is 1. The van der Waals surface area contributed by atoms with Crippen LogP contribution in [0.4, 0.5) is 0 Å². The van der Waals surface area contributed by atoms with Gasteiger partial charge in [0.15, 0.2) is 0 Å². The van der Waals surface area contributed by atoms with E-state index in [-0.39, 0.29) is 5.97 Å². The fourth-order valence-electron chi connectivity index (χ4n) is 1.95. The Bertz CT molecular complexity index is 213. The van der Waals surface area contributed by atoms with Crippen molar-refractivity contribution in [1.82, 2.24) is 5.32 Å². The first kappa shape index (κ1) is 12.8. The van der Waals surface area contributed by atoms with Crippen LogP contribution in [0.5, 0.6) is 0 Å². The van der Waals surface area contributed by atoms with Gasteiger partial charge in [0.25, 0.3) is 0 Å². The van der Waals surface area contributed by atoms with Gasteiger partial charge in [0.1, 0.15) is 5.54 Å². The van der Waals surface area contributed by atoms with Gasteiger partial charge in [-0.2, -0.15) is 11.8 Å². The number of nitrogens with one attached hydrogen (secondary N) is 1. The van der Waals surface area contributed by atoms with Crippen LogP contribution in [0, 0.1) is 0 Å². The van der Waals surface area contributed by atoms with E-state index in [1.807, 2.05) is 18.7 Å². The summed E-state index contributed by atoms with van der Waals surface area (Å²) < 4.78 is 5.17. The molecule has 1 atom stereocenters. The molecule has 4 heteroatoms. The van der Waals surface area contributed by atoms with Crippen LogP contribution in [0.25, 0.3) is 0 Å². The summed E-state index contributed by atoms with van der Waals surface area (Å²) >= 11 is 1.83. The smallest absolute Gasteiger partial charge is 0.327 e. The number of ether oxygens (including phenoxy) is 1. The van der Waals surface area contributed by atoms with Crippen molar-refractivity contribution in [1.29, 1.82) is 0 Å². The fourth-order valence-corrected chi connectivity index (χ4v) is 3.14. The monoisotopic (exact) mass is 231 g/mol. The van der Waals surface area contributed by atoms with Crippen molar-refractivity contribution in [2.75, 3.05) is 18.1 Å². The molecule has 0 spiro atoms. The van der Waals surface area contributed by atoms with Gasteiger partial charge in [0, 0.05) is 11.8 Å². The maximum atomic E-state index is 12.0. The van der Waals surface area contributed by atoms with E-state index in [1.54, 1.807) is 0 Å². The first-order valence-electron chi connectivity index (χ1n) is 5.63. The van der Waals surface area contributed by atoms with Crippen LogP contribution in [0.1, 0.15) is 33.6 Å². The summed E-state index contributed by atoms with van der Waals surface area (Å²) in [6, 6.07) is 0.313. The highest BCUT2D eigenvalue weighted by Crippen LogP contribution is 2.28. The summed E-state index contributed by atoms with van der Waals surface area (Å²) in [6.07, 6.45) is 1.99. The maximum absolute atomic E-state index is 12.0. The Balaban J connectivity index is 2.69. The van der Waals surface area contributed by atoms with Gasteiger partial charge in [-0.15, -0.1) is 0 Å². The predicted molar refractivity (Wildman–Crippen MR) is 64.2 cm³/mol. The van der Waals surface area contributed by atoms with Crippen LogP contribution in [0.15, 0.2) is 0 Å². The summed E-state index contributed by atoms with van der Waals surface area (Å²) in [4.78, 5) is 12.0. The zero-order valence-electron chi connectivity index (χ0n) is 9.84. The molecule has 1 heterocycles. The molecule has 0 aromatic rings. The molecule has 1 unspecified atom stereocenters. The second kappa shape index (κ2) is 5.75. The largest absolute Gasteiger partial charge is 0.465 e. The summed E-state index contributed by atoms with van der Waals surface area (Å²) in [5.74, 6) is 1.91. The van der Waals surface area contributed by atoms with Gasteiger partial charge in [0.2, 0.25) is 0 Å². The Kier molecular flexibility index (Phi) is 4.93. The maximum Gasteiger partial charge on any atom is 0.327 e. The molecular weight excluding hydrogens is 210 g/mol. The van der Waals surface area contributed by atoms with Crippen molar-refractivity contribution in [3.63, 3.8) is 0 Å². The standard InChI is InChI=1S/C11H21NO2S/c1-4-14-10(13)11(12-9(2)3)6-5-7-15-8-11/h9,12H,4-8H2,1-3H3. The van der Waals surface area contributed by atoms with Crippen molar-refractivity contribution in [2.45, 2.75) is 45.2 Å². The SMILES string of the molecule is CCOC(=O)C1(NC(C)C)CCCSC1. The lowest BCUT2D eigenvalue weighted by atomic mass is 9.94. The molecule has 0 aromatic carbocycles. The molecule has 0 aromatic heterocycles. The zero-order chi connectivity index (χ0) is 11.3. The van der Waals surface area contributed by atoms with Crippen molar-refractivity contribution in [2.24, 2.45) is 0 Å². The zero-order valence-corrected chi connectivity index (χ0v) is 10.7. The second-order valence-electron chi connectivity index (χ2n) is 4.26. The van der Waals surface area contributed by atoms with Gasteiger partial charge in [0.05, 0.1) is 6.61 Å². The molecule has 0 saturated carbocycles. The lowest BCUT2D eigenvalue weighted by Crippen LogP contribution is -2.58. The third-order valence-electron chi connectivity index (χ3n) is 2.47.